The first-order valence-electron chi connectivity index (χ1n) is 4.44. The minimum atomic E-state index is 0.596. The SMILES string of the molecule is CC(C)CNc1ccccc1N=N. The highest BCUT2D eigenvalue weighted by molar-refractivity contribution is 5.64. The average molecular weight is 177 g/mol. The lowest BCUT2D eigenvalue weighted by Gasteiger charge is -2.09. The van der Waals surface area contributed by atoms with Gasteiger partial charge in [-0.2, -0.15) is 5.11 Å². The molecule has 3 nitrogen and oxygen atoms in total. The summed E-state index contributed by atoms with van der Waals surface area (Å²) in [6, 6.07) is 7.59. The molecule has 0 aliphatic heterocycles. The Labute approximate surface area is 78.7 Å². The lowest BCUT2D eigenvalue weighted by Crippen LogP contribution is -2.07. The van der Waals surface area contributed by atoms with Crippen molar-refractivity contribution in [2.24, 2.45) is 11.0 Å². The van der Waals surface area contributed by atoms with Gasteiger partial charge in [-0.3, -0.25) is 0 Å². The predicted molar refractivity (Wildman–Crippen MR) is 54.6 cm³/mol. The first kappa shape index (κ1) is 9.71. The van der Waals surface area contributed by atoms with E-state index in [0.29, 0.717) is 11.6 Å². The standard InChI is InChI=1S/C10H15N3/c1-8(2)7-12-9-5-3-4-6-10(9)13-11/h3-6,8,11-12H,7H2,1-2H3. The van der Waals surface area contributed by atoms with Crippen LogP contribution in [0, 0.1) is 11.4 Å². The summed E-state index contributed by atoms with van der Waals surface area (Å²) in [5.41, 5.74) is 8.59. The Morgan fingerprint density at radius 2 is 2.08 bits per heavy atom. The molecule has 0 unspecified atom stereocenters. The summed E-state index contributed by atoms with van der Waals surface area (Å²) in [6.07, 6.45) is 0. The van der Waals surface area contributed by atoms with Crippen LogP contribution in [0.15, 0.2) is 29.4 Å². The predicted octanol–water partition coefficient (Wildman–Crippen LogP) is 3.42. The van der Waals surface area contributed by atoms with Crippen LogP contribution >= 0.6 is 0 Å². The van der Waals surface area contributed by atoms with Crippen LogP contribution in [0.25, 0.3) is 0 Å². The topological polar surface area (TPSA) is 48.2 Å². The quantitative estimate of drug-likeness (QED) is 0.680. The van der Waals surface area contributed by atoms with Crippen molar-refractivity contribution in [3.63, 3.8) is 0 Å². The van der Waals surface area contributed by atoms with E-state index in [4.69, 9.17) is 5.53 Å². The third-order valence-electron chi connectivity index (χ3n) is 1.73. The maximum absolute atomic E-state index is 6.96. The number of anilines is 1. The van der Waals surface area contributed by atoms with Gasteiger partial charge >= 0.3 is 0 Å². The highest BCUT2D eigenvalue weighted by Crippen LogP contribution is 2.23. The molecule has 0 spiro atoms. The van der Waals surface area contributed by atoms with Gasteiger partial charge in [-0.05, 0) is 18.1 Å². The molecule has 0 atom stereocenters. The van der Waals surface area contributed by atoms with Crippen molar-refractivity contribution in [3.05, 3.63) is 24.3 Å². The van der Waals surface area contributed by atoms with Gasteiger partial charge in [0.25, 0.3) is 0 Å². The fourth-order valence-electron chi connectivity index (χ4n) is 1.03. The van der Waals surface area contributed by atoms with Crippen LogP contribution in [-0.4, -0.2) is 6.54 Å². The van der Waals surface area contributed by atoms with E-state index in [1.54, 1.807) is 0 Å². The molecule has 0 amide bonds. The van der Waals surface area contributed by atoms with Crippen LogP contribution < -0.4 is 5.32 Å². The summed E-state index contributed by atoms with van der Waals surface area (Å²) in [5, 5.41) is 6.69. The normalized spacial score (nSPS) is 10.1. The molecule has 1 aromatic carbocycles. The zero-order valence-corrected chi connectivity index (χ0v) is 8.04. The molecule has 0 saturated carbocycles. The van der Waals surface area contributed by atoms with Gasteiger partial charge in [-0.15, -0.1) is 0 Å². The van der Waals surface area contributed by atoms with Gasteiger partial charge in [0.15, 0.2) is 0 Å². The molecule has 0 aliphatic rings. The van der Waals surface area contributed by atoms with Crippen molar-refractivity contribution < 1.29 is 0 Å². The number of para-hydroxylation sites is 2. The Hall–Kier alpha value is -1.38. The van der Waals surface area contributed by atoms with E-state index in [0.717, 1.165) is 12.2 Å². The number of hydrogen-bond donors (Lipinski definition) is 2. The van der Waals surface area contributed by atoms with Crippen molar-refractivity contribution in [1.82, 2.24) is 0 Å². The lowest BCUT2D eigenvalue weighted by atomic mass is 10.2. The van der Waals surface area contributed by atoms with E-state index < -0.39 is 0 Å². The minimum absolute atomic E-state index is 0.596. The van der Waals surface area contributed by atoms with E-state index in [9.17, 15) is 0 Å². The molecule has 0 saturated heterocycles. The zero-order chi connectivity index (χ0) is 9.68. The van der Waals surface area contributed by atoms with Crippen LogP contribution in [0.5, 0.6) is 0 Å². The molecule has 0 fully saturated rings. The second-order valence-electron chi connectivity index (χ2n) is 3.40. The van der Waals surface area contributed by atoms with Crippen molar-refractivity contribution >= 4 is 11.4 Å². The molecule has 0 heterocycles. The molecule has 0 aromatic heterocycles. The van der Waals surface area contributed by atoms with Gasteiger partial charge in [-0.25, -0.2) is 5.53 Å². The first-order valence-corrected chi connectivity index (χ1v) is 4.44. The fraction of sp³-hybridized carbons (Fsp3) is 0.400. The van der Waals surface area contributed by atoms with Gasteiger partial charge in [0.1, 0.15) is 5.69 Å². The van der Waals surface area contributed by atoms with Gasteiger partial charge in [-0.1, -0.05) is 26.0 Å². The molecule has 3 heteroatoms. The van der Waals surface area contributed by atoms with E-state index >= 15 is 0 Å². The Morgan fingerprint density at radius 1 is 1.38 bits per heavy atom. The maximum atomic E-state index is 6.96. The molecule has 13 heavy (non-hydrogen) atoms. The molecular formula is C10H15N3. The Balaban J connectivity index is 2.69. The second kappa shape index (κ2) is 4.60. The summed E-state index contributed by atoms with van der Waals surface area (Å²) in [7, 11) is 0. The Morgan fingerprint density at radius 3 is 2.69 bits per heavy atom. The molecule has 0 radical (unpaired) electrons. The number of nitrogens with one attached hydrogen (secondary N) is 2. The second-order valence-corrected chi connectivity index (χ2v) is 3.40. The first-order chi connectivity index (χ1) is 6.24. The highest BCUT2D eigenvalue weighted by Gasteiger charge is 1.99. The number of benzene rings is 1. The maximum Gasteiger partial charge on any atom is 0.108 e. The number of rotatable bonds is 4. The van der Waals surface area contributed by atoms with Crippen molar-refractivity contribution in [2.75, 3.05) is 11.9 Å². The highest BCUT2D eigenvalue weighted by atomic mass is 15.0. The molecule has 0 bridgehead atoms. The Bertz CT molecular complexity index is 281. The van der Waals surface area contributed by atoms with E-state index in [-0.39, 0.29) is 0 Å². The van der Waals surface area contributed by atoms with Crippen LogP contribution in [0.2, 0.25) is 0 Å². The summed E-state index contributed by atoms with van der Waals surface area (Å²) < 4.78 is 0. The molecule has 1 aromatic rings. The van der Waals surface area contributed by atoms with E-state index in [1.165, 1.54) is 0 Å². The van der Waals surface area contributed by atoms with Crippen molar-refractivity contribution in [2.45, 2.75) is 13.8 Å². The number of nitrogens with zero attached hydrogens (tertiary/aromatic N) is 1. The molecule has 2 N–H and O–H groups in total. The van der Waals surface area contributed by atoms with Crippen LogP contribution in [-0.2, 0) is 0 Å². The largest absolute Gasteiger partial charge is 0.383 e. The molecular weight excluding hydrogens is 162 g/mol. The summed E-state index contributed by atoms with van der Waals surface area (Å²) in [4.78, 5) is 0. The van der Waals surface area contributed by atoms with Crippen LogP contribution in [0.3, 0.4) is 0 Å². The zero-order valence-electron chi connectivity index (χ0n) is 8.04. The summed E-state index contributed by atoms with van der Waals surface area (Å²) in [5.74, 6) is 0.596. The molecule has 0 aliphatic carbocycles. The van der Waals surface area contributed by atoms with Crippen LogP contribution in [0.1, 0.15) is 13.8 Å². The lowest BCUT2D eigenvalue weighted by molar-refractivity contribution is 0.689. The minimum Gasteiger partial charge on any atom is -0.383 e. The monoisotopic (exact) mass is 177 g/mol. The third kappa shape index (κ3) is 2.86. The summed E-state index contributed by atoms with van der Waals surface area (Å²) in [6.45, 7) is 5.20. The van der Waals surface area contributed by atoms with Gasteiger partial charge in [0.2, 0.25) is 0 Å². The average Bonchev–Trinajstić information content (AvgIpc) is 2.15. The van der Waals surface area contributed by atoms with E-state index in [2.05, 4.69) is 24.3 Å². The molecule has 1 rings (SSSR count). The van der Waals surface area contributed by atoms with Crippen molar-refractivity contribution in [1.29, 1.82) is 5.53 Å². The van der Waals surface area contributed by atoms with Gasteiger partial charge < -0.3 is 5.32 Å². The smallest absolute Gasteiger partial charge is 0.108 e. The van der Waals surface area contributed by atoms with E-state index in [1.807, 2.05) is 24.3 Å². The van der Waals surface area contributed by atoms with Gasteiger partial charge in [0, 0.05) is 6.54 Å². The van der Waals surface area contributed by atoms with Crippen LogP contribution in [0.4, 0.5) is 11.4 Å². The fourth-order valence-corrected chi connectivity index (χ4v) is 1.03. The number of hydrogen-bond acceptors (Lipinski definition) is 3. The van der Waals surface area contributed by atoms with Crippen molar-refractivity contribution in [3.8, 4) is 0 Å². The summed E-state index contributed by atoms with van der Waals surface area (Å²) >= 11 is 0. The molecule has 70 valence electrons. The third-order valence-corrected chi connectivity index (χ3v) is 1.73. The van der Waals surface area contributed by atoms with Gasteiger partial charge in [0.05, 0.1) is 5.69 Å². The Kier molecular flexibility index (Phi) is 3.43.